The molecule has 0 fully saturated rings. The Bertz CT molecular complexity index is 1110. The summed E-state index contributed by atoms with van der Waals surface area (Å²) < 4.78 is 5.85. The molecular formula is C27H29N3O3. The van der Waals surface area contributed by atoms with Crippen LogP contribution in [-0.4, -0.2) is 27.7 Å². The number of nitrogens with one attached hydrogen (secondary N) is 1. The van der Waals surface area contributed by atoms with Crippen molar-refractivity contribution in [3.63, 3.8) is 0 Å². The maximum absolute atomic E-state index is 13.3. The molecule has 0 saturated carbocycles. The molecule has 0 aliphatic carbocycles. The van der Waals surface area contributed by atoms with Crippen molar-refractivity contribution in [3.8, 4) is 5.75 Å². The van der Waals surface area contributed by atoms with Gasteiger partial charge in [0.1, 0.15) is 18.4 Å². The number of carbonyl (C=O) groups is 2. The molecule has 2 amide bonds. The summed E-state index contributed by atoms with van der Waals surface area (Å²) in [5.74, 6) is 0.699. The van der Waals surface area contributed by atoms with E-state index in [0.29, 0.717) is 37.4 Å². The Kier molecular flexibility index (Phi) is 7.03. The van der Waals surface area contributed by atoms with Gasteiger partial charge in [0, 0.05) is 49.1 Å². The Balaban J connectivity index is 1.48. The Morgan fingerprint density at radius 3 is 2.67 bits per heavy atom. The highest BCUT2D eigenvalue weighted by Gasteiger charge is 2.34. The summed E-state index contributed by atoms with van der Waals surface area (Å²) in [5, 5.41) is 2.99. The van der Waals surface area contributed by atoms with Gasteiger partial charge in [-0.3, -0.25) is 14.6 Å². The summed E-state index contributed by atoms with van der Waals surface area (Å²) in [6.07, 6.45) is 4.40. The second-order valence-electron chi connectivity index (χ2n) is 8.78. The zero-order valence-electron chi connectivity index (χ0n) is 19.0. The minimum atomic E-state index is -0.550. The summed E-state index contributed by atoms with van der Waals surface area (Å²) >= 11 is 0. The number of anilines is 1. The number of pyridine rings is 1. The molecule has 170 valence electrons. The van der Waals surface area contributed by atoms with E-state index in [1.165, 1.54) is 0 Å². The molecule has 1 aliphatic heterocycles. The number of hydrogen-bond donors (Lipinski definition) is 1. The third kappa shape index (κ3) is 5.77. The number of fused-ring (bicyclic) bond motifs is 1. The Morgan fingerprint density at radius 2 is 1.91 bits per heavy atom. The van der Waals surface area contributed by atoms with Crippen LogP contribution in [0.5, 0.6) is 5.75 Å². The number of aromatic nitrogens is 1. The molecular weight excluding hydrogens is 414 g/mol. The minimum absolute atomic E-state index is 0.00760. The lowest BCUT2D eigenvalue weighted by molar-refractivity contribution is -0.140. The van der Waals surface area contributed by atoms with Gasteiger partial charge in [0.2, 0.25) is 11.8 Å². The van der Waals surface area contributed by atoms with E-state index >= 15 is 0 Å². The molecule has 0 radical (unpaired) electrons. The van der Waals surface area contributed by atoms with Crippen LogP contribution in [0.25, 0.3) is 0 Å². The van der Waals surface area contributed by atoms with Gasteiger partial charge in [-0.25, -0.2) is 0 Å². The topological polar surface area (TPSA) is 71.5 Å². The number of nitrogens with zero attached hydrogens (tertiary/aromatic N) is 2. The van der Waals surface area contributed by atoms with E-state index < -0.39 is 6.04 Å². The van der Waals surface area contributed by atoms with Crippen molar-refractivity contribution in [2.75, 3.05) is 5.32 Å². The van der Waals surface area contributed by atoms with Crippen LogP contribution >= 0.6 is 0 Å². The molecule has 1 unspecified atom stereocenters. The van der Waals surface area contributed by atoms with Gasteiger partial charge in [-0.15, -0.1) is 0 Å². The van der Waals surface area contributed by atoms with E-state index in [1.54, 1.807) is 23.4 Å². The zero-order chi connectivity index (χ0) is 23.2. The lowest BCUT2D eigenvalue weighted by Gasteiger charge is -2.36. The molecule has 6 nitrogen and oxygen atoms in total. The average molecular weight is 444 g/mol. The third-order valence-electron chi connectivity index (χ3n) is 5.68. The molecule has 2 heterocycles. The van der Waals surface area contributed by atoms with Crippen molar-refractivity contribution < 1.29 is 14.3 Å². The monoisotopic (exact) mass is 443 g/mol. The summed E-state index contributed by atoms with van der Waals surface area (Å²) in [7, 11) is 0. The van der Waals surface area contributed by atoms with E-state index in [9.17, 15) is 9.59 Å². The summed E-state index contributed by atoms with van der Waals surface area (Å²) in [4.78, 5) is 32.1. The summed E-state index contributed by atoms with van der Waals surface area (Å²) in [5.41, 5.74) is 3.81. The predicted octanol–water partition coefficient (Wildman–Crippen LogP) is 4.60. The van der Waals surface area contributed by atoms with Gasteiger partial charge in [0.05, 0.1) is 0 Å². The lowest BCUT2D eigenvalue weighted by atomic mass is 9.92. The van der Waals surface area contributed by atoms with Crippen LogP contribution in [0.4, 0.5) is 5.69 Å². The van der Waals surface area contributed by atoms with E-state index in [1.807, 2.05) is 68.4 Å². The molecule has 2 aromatic carbocycles. The number of amides is 2. The second-order valence-corrected chi connectivity index (χ2v) is 8.78. The van der Waals surface area contributed by atoms with Crippen LogP contribution in [-0.2, 0) is 29.2 Å². The van der Waals surface area contributed by atoms with Crippen molar-refractivity contribution in [1.82, 2.24) is 9.88 Å². The molecule has 1 aliphatic rings. The highest BCUT2D eigenvalue weighted by molar-refractivity contribution is 5.97. The van der Waals surface area contributed by atoms with Crippen molar-refractivity contribution in [1.29, 1.82) is 0 Å². The Hall–Kier alpha value is -3.67. The quantitative estimate of drug-likeness (QED) is 0.579. The molecule has 0 bridgehead atoms. The maximum Gasteiger partial charge on any atom is 0.247 e. The van der Waals surface area contributed by atoms with Crippen molar-refractivity contribution in [2.45, 2.75) is 45.9 Å². The number of rotatable bonds is 7. The molecule has 1 N–H and O–H groups in total. The largest absolute Gasteiger partial charge is 0.489 e. The van der Waals surface area contributed by atoms with Crippen molar-refractivity contribution in [2.24, 2.45) is 5.92 Å². The highest BCUT2D eigenvalue weighted by Crippen LogP contribution is 2.26. The fraction of sp³-hybridized carbons (Fsp3) is 0.296. The normalized spacial score (nSPS) is 15.1. The number of benzene rings is 2. The van der Waals surface area contributed by atoms with Crippen LogP contribution < -0.4 is 10.1 Å². The zero-order valence-corrected chi connectivity index (χ0v) is 19.0. The van der Waals surface area contributed by atoms with Gasteiger partial charge in [-0.2, -0.15) is 0 Å². The maximum atomic E-state index is 13.3. The molecule has 1 atom stereocenters. The van der Waals surface area contributed by atoms with E-state index in [2.05, 4.69) is 10.3 Å². The molecule has 3 aromatic rings. The molecule has 4 rings (SSSR count). The first kappa shape index (κ1) is 22.5. The molecule has 6 heteroatoms. The second kappa shape index (κ2) is 10.3. The van der Waals surface area contributed by atoms with Gasteiger partial charge >= 0.3 is 0 Å². The van der Waals surface area contributed by atoms with Gasteiger partial charge < -0.3 is 15.0 Å². The van der Waals surface area contributed by atoms with Gasteiger partial charge in [0.15, 0.2) is 0 Å². The smallest absolute Gasteiger partial charge is 0.247 e. The molecule has 0 saturated heterocycles. The summed E-state index contributed by atoms with van der Waals surface area (Å²) in [6, 6.07) is 18.6. The van der Waals surface area contributed by atoms with Crippen LogP contribution in [0.15, 0.2) is 73.1 Å². The van der Waals surface area contributed by atoms with Crippen LogP contribution in [0.1, 0.15) is 37.0 Å². The van der Waals surface area contributed by atoms with Gasteiger partial charge in [-0.05, 0) is 35.2 Å². The average Bonchev–Trinajstić information content (AvgIpc) is 2.82. The third-order valence-corrected chi connectivity index (χ3v) is 5.68. The Morgan fingerprint density at radius 1 is 1.09 bits per heavy atom. The van der Waals surface area contributed by atoms with Gasteiger partial charge in [-0.1, -0.05) is 50.2 Å². The SMILES string of the molecule is CC(C)CC(=O)N1Cc2ccccc2CC1C(=O)Nc1cccc(OCc2cccnc2)c1. The lowest BCUT2D eigenvalue weighted by Crippen LogP contribution is -2.50. The van der Waals surface area contributed by atoms with Crippen LogP contribution in [0.3, 0.4) is 0 Å². The minimum Gasteiger partial charge on any atom is -0.489 e. The number of hydrogen-bond acceptors (Lipinski definition) is 4. The first-order valence-electron chi connectivity index (χ1n) is 11.3. The fourth-order valence-electron chi connectivity index (χ4n) is 4.03. The highest BCUT2D eigenvalue weighted by atomic mass is 16.5. The number of carbonyl (C=O) groups excluding carboxylic acids is 2. The standard InChI is InChI=1S/C27H29N3O3/c1-19(2)13-26(31)30-17-22-9-4-3-8-21(22)14-25(30)27(32)29-23-10-5-11-24(15-23)33-18-20-7-6-12-28-16-20/h3-12,15-16,19,25H,13-14,17-18H2,1-2H3,(H,29,32). The van der Waals surface area contributed by atoms with E-state index in [-0.39, 0.29) is 17.7 Å². The first-order chi connectivity index (χ1) is 16.0. The number of ether oxygens (including phenoxy) is 1. The van der Waals surface area contributed by atoms with Crippen LogP contribution in [0, 0.1) is 5.92 Å². The van der Waals surface area contributed by atoms with E-state index in [4.69, 9.17) is 4.74 Å². The first-order valence-corrected chi connectivity index (χ1v) is 11.3. The van der Waals surface area contributed by atoms with Gasteiger partial charge in [0.25, 0.3) is 0 Å². The summed E-state index contributed by atoms with van der Waals surface area (Å²) in [6.45, 7) is 4.87. The van der Waals surface area contributed by atoms with Crippen molar-refractivity contribution in [3.05, 3.63) is 89.7 Å². The predicted molar refractivity (Wildman–Crippen MR) is 128 cm³/mol. The van der Waals surface area contributed by atoms with Crippen molar-refractivity contribution >= 4 is 17.5 Å². The molecule has 0 spiro atoms. The molecule has 33 heavy (non-hydrogen) atoms. The molecule has 1 aromatic heterocycles. The van der Waals surface area contributed by atoms with Crippen LogP contribution in [0.2, 0.25) is 0 Å². The Labute approximate surface area is 194 Å². The fourth-order valence-corrected chi connectivity index (χ4v) is 4.03. The van der Waals surface area contributed by atoms with E-state index in [0.717, 1.165) is 16.7 Å².